The van der Waals surface area contributed by atoms with E-state index < -0.39 is 6.04 Å². The number of hydrogen-bond acceptors (Lipinski definition) is 2. The Morgan fingerprint density at radius 3 is 2.36 bits per heavy atom. The second-order valence-electron chi connectivity index (χ2n) is 7.09. The summed E-state index contributed by atoms with van der Waals surface area (Å²) in [6.45, 7) is 2.48. The molecular weight excluding hydrogens is 348 g/mol. The number of carbonyl (C=O) groups is 2. The number of fused-ring (bicyclic) bond motifs is 1. The van der Waals surface area contributed by atoms with Crippen LogP contribution in [-0.2, 0) is 17.8 Å². The number of carbonyl (C=O) groups excluding carboxylic acids is 2. The van der Waals surface area contributed by atoms with Crippen molar-refractivity contribution in [3.8, 4) is 0 Å². The van der Waals surface area contributed by atoms with Crippen LogP contribution in [0.4, 0.5) is 5.69 Å². The summed E-state index contributed by atoms with van der Waals surface area (Å²) in [6.07, 6.45) is 0.522. The van der Waals surface area contributed by atoms with E-state index in [-0.39, 0.29) is 11.8 Å². The fraction of sp³-hybridized carbons (Fsp3) is 0.167. The highest BCUT2D eigenvalue weighted by atomic mass is 16.2. The summed E-state index contributed by atoms with van der Waals surface area (Å²) >= 11 is 0. The van der Waals surface area contributed by atoms with Crippen molar-refractivity contribution < 1.29 is 9.59 Å². The van der Waals surface area contributed by atoms with Crippen LogP contribution < -0.4 is 10.2 Å². The van der Waals surface area contributed by atoms with Gasteiger partial charge in [0.15, 0.2) is 0 Å². The normalized spacial score (nSPS) is 15.2. The number of anilines is 1. The van der Waals surface area contributed by atoms with E-state index in [9.17, 15) is 9.59 Å². The van der Waals surface area contributed by atoms with E-state index in [2.05, 4.69) is 5.32 Å². The minimum absolute atomic E-state index is 0.138. The number of para-hydroxylation sites is 1. The molecule has 1 N–H and O–H groups in total. The molecule has 3 aromatic carbocycles. The van der Waals surface area contributed by atoms with E-state index in [4.69, 9.17) is 0 Å². The molecule has 4 nitrogen and oxygen atoms in total. The molecule has 3 aromatic rings. The average Bonchev–Trinajstić information content (AvgIpc) is 3.13. The highest BCUT2D eigenvalue weighted by Gasteiger charge is 2.38. The molecule has 140 valence electrons. The van der Waals surface area contributed by atoms with Gasteiger partial charge in [-0.05, 0) is 36.2 Å². The molecule has 0 aromatic heterocycles. The second-order valence-corrected chi connectivity index (χ2v) is 7.09. The van der Waals surface area contributed by atoms with Crippen LogP contribution in [0.3, 0.4) is 0 Å². The average molecular weight is 370 g/mol. The molecule has 1 aliphatic rings. The summed E-state index contributed by atoms with van der Waals surface area (Å²) in [5, 5.41) is 3.00. The SMILES string of the molecule is Cc1ccc(CNC(=O)[C@H]2Cc3ccccc3N2C(=O)c2ccccc2)cc1. The summed E-state index contributed by atoms with van der Waals surface area (Å²) < 4.78 is 0. The Kier molecular flexibility index (Phi) is 4.94. The third-order valence-corrected chi connectivity index (χ3v) is 5.11. The number of benzene rings is 3. The van der Waals surface area contributed by atoms with Gasteiger partial charge in [0.1, 0.15) is 6.04 Å². The third kappa shape index (κ3) is 3.54. The van der Waals surface area contributed by atoms with Crippen molar-refractivity contribution in [1.29, 1.82) is 0 Å². The van der Waals surface area contributed by atoms with E-state index in [0.717, 1.165) is 16.8 Å². The zero-order chi connectivity index (χ0) is 19.5. The number of nitrogens with zero attached hydrogens (tertiary/aromatic N) is 1. The van der Waals surface area contributed by atoms with Crippen molar-refractivity contribution in [2.45, 2.75) is 25.9 Å². The molecule has 0 fully saturated rings. The summed E-state index contributed by atoms with van der Waals surface area (Å²) in [7, 11) is 0. The third-order valence-electron chi connectivity index (χ3n) is 5.11. The molecule has 0 saturated carbocycles. The smallest absolute Gasteiger partial charge is 0.259 e. The molecule has 0 bridgehead atoms. The zero-order valence-corrected chi connectivity index (χ0v) is 15.8. The van der Waals surface area contributed by atoms with Crippen LogP contribution >= 0.6 is 0 Å². The van der Waals surface area contributed by atoms with Crippen molar-refractivity contribution in [3.05, 3.63) is 101 Å². The number of aryl methyl sites for hydroxylation is 1. The van der Waals surface area contributed by atoms with Crippen LogP contribution in [0.5, 0.6) is 0 Å². The van der Waals surface area contributed by atoms with Gasteiger partial charge in [0, 0.05) is 24.2 Å². The fourth-order valence-corrected chi connectivity index (χ4v) is 3.58. The molecule has 4 rings (SSSR count). The minimum Gasteiger partial charge on any atom is -0.350 e. The number of amides is 2. The summed E-state index contributed by atoms with van der Waals surface area (Å²) in [5.41, 5.74) is 4.63. The summed E-state index contributed by atoms with van der Waals surface area (Å²) in [5.74, 6) is -0.290. The maximum Gasteiger partial charge on any atom is 0.259 e. The molecule has 1 heterocycles. The highest BCUT2D eigenvalue weighted by Crippen LogP contribution is 2.33. The maximum atomic E-state index is 13.2. The molecule has 1 aliphatic heterocycles. The van der Waals surface area contributed by atoms with Crippen molar-refractivity contribution in [2.75, 3.05) is 4.90 Å². The predicted molar refractivity (Wildman–Crippen MR) is 110 cm³/mol. The molecule has 0 radical (unpaired) electrons. The van der Waals surface area contributed by atoms with Gasteiger partial charge >= 0.3 is 0 Å². The monoisotopic (exact) mass is 370 g/mol. The first-order valence-electron chi connectivity index (χ1n) is 9.43. The highest BCUT2D eigenvalue weighted by molar-refractivity contribution is 6.11. The number of hydrogen-bond donors (Lipinski definition) is 1. The van der Waals surface area contributed by atoms with Crippen molar-refractivity contribution in [2.24, 2.45) is 0 Å². The number of nitrogens with one attached hydrogen (secondary N) is 1. The molecule has 4 heteroatoms. The van der Waals surface area contributed by atoms with Gasteiger partial charge < -0.3 is 5.32 Å². The second kappa shape index (κ2) is 7.69. The molecule has 0 saturated heterocycles. The molecule has 0 spiro atoms. The lowest BCUT2D eigenvalue weighted by molar-refractivity contribution is -0.122. The Bertz CT molecular complexity index is 997. The summed E-state index contributed by atoms with van der Waals surface area (Å²) in [6, 6.07) is 24.4. The van der Waals surface area contributed by atoms with Crippen LogP contribution in [0.2, 0.25) is 0 Å². The quantitative estimate of drug-likeness (QED) is 0.758. The van der Waals surface area contributed by atoms with E-state index in [0.29, 0.717) is 18.5 Å². The molecule has 0 unspecified atom stereocenters. The lowest BCUT2D eigenvalue weighted by Gasteiger charge is -2.25. The minimum atomic E-state index is -0.546. The van der Waals surface area contributed by atoms with Gasteiger partial charge in [-0.25, -0.2) is 0 Å². The Labute approximate surface area is 164 Å². The lowest BCUT2D eigenvalue weighted by Crippen LogP contribution is -2.48. The predicted octanol–water partition coefficient (Wildman–Crippen LogP) is 3.88. The Morgan fingerprint density at radius 2 is 1.61 bits per heavy atom. The van der Waals surface area contributed by atoms with Gasteiger partial charge in [0.05, 0.1) is 0 Å². The molecule has 1 atom stereocenters. The Balaban J connectivity index is 1.57. The zero-order valence-electron chi connectivity index (χ0n) is 15.8. The van der Waals surface area contributed by atoms with Gasteiger partial charge in [-0.15, -0.1) is 0 Å². The van der Waals surface area contributed by atoms with E-state index in [1.807, 2.05) is 73.7 Å². The van der Waals surface area contributed by atoms with Gasteiger partial charge in [-0.2, -0.15) is 0 Å². The van der Waals surface area contributed by atoms with E-state index in [1.54, 1.807) is 17.0 Å². The van der Waals surface area contributed by atoms with Crippen LogP contribution in [0.1, 0.15) is 27.0 Å². The fourth-order valence-electron chi connectivity index (χ4n) is 3.58. The van der Waals surface area contributed by atoms with Crippen LogP contribution in [-0.4, -0.2) is 17.9 Å². The van der Waals surface area contributed by atoms with Gasteiger partial charge in [-0.3, -0.25) is 14.5 Å². The van der Waals surface area contributed by atoms with Gasteiger partial charge in [-0.1, -0.05) is 66.2 Å². The molecule has 0 aliphatic carbocycles. The van der Waals surface area contributed by atoms with Gasteiger partial charge in [0.2, 0.25) is 5.91 Å². The first-order chi connectivity index (χ1) is 13.6. The topological polar surface area (TPSA) is 49.4 Å². The van der Waals surface area contributed by atoms with Crippen molar-refractivity contribution >= 4 is 17.5 Å². The summed E-state index contributed by atoms with van der Waals surface area (Å²) in [4.78, 5) is 27.8. The van der Waals surface area contributed by atoms with Crippen LogP contribution in [0.25, 0.3) is 0 Å². The largest absolute Gasteiger partial charge is 0.350 e. The lowest BCUT2D eigenvalue weighted by atomic mass is 10.1. The maximum absolute atomic E-state index is 13.2. The molecular formula is C24H22N2O2. The molecule has 28 heavy (non-hydrogen) atoms. The van der Waals surface area contributed by atoms with Crippen molar-refractivity contribution in [3.63, 3.8) is 0 Å². The van der Waals surface area contributed by atoms with Crippen molar-refractivity contribution in [1.82, 2.24) is 5.32 Å². The first kappa shape index (κ1) is 18.0. The van der Waals surface area contributed by atoms with Gasteiger partial charge in [0.25, 0.3) is 5.91 Å². The number of rotatable bonds is 4. The Hall–Kier alpha value is -3.40. The van der Waals surface area contributed by atoms with E-state index >= 15 is 0 Å². The van der Waals surface area contributed by atoms with Crippen LogP contribution in [0.15, 0.2) is 78.9 Å². The standard InChI is InChI=1S/C24H22N2O2/c1-17-11-13-18(14-12-17)16-25-23(27)22-15-20-9-5-6-10-21(20)26(22)24(28)19-7-3-2-4-8-19/h2-14,22H,15-16H2,1H3,(H,25,27)/t22-/m1/s1. The van der Waals surface area contributed by atoms with Crippen LogP contribution in [0, 0.1) is 6.92 Å². The Morgan fingerprint density at radius 1 is 0.929 bits per heavy atom. The first-order valence-corrected chi connectivity index (χ1v) is 9.43. The molecule has 2 amide bonds. The van der Waals surface area contributed by atoms with E-state index in [1.165, 1.54) is 5.56 Å².